The van der Waals surface area contributed by atoms with Crippen molar-refractivity contribution >= 4 is 28.8 Å². The second-order valence-corrected chi connectivity index (χ2v) is 5.99. The lowest BCUT2D eigenvalue weighted by Crippen LogP contribution is -2.16. The van der Waals surface area contributed by atoms with Gasteiger partial charge < -0.3 is 5.32 Å². The van der Waals surface area contributed by atoms with Gasteiger partial charge in [-0.3, -0.25) is 9.20 Å². The summed E-state index contributed by atoms with van der Waals surface area (Å²) in [6, 6.07) is 11.1. The third kappa shape index (κ3) is 3.22. The smallest absolute Gasteiger partial charge is 0.274 e. The second kappa shape index (κ2) is 6.42. The van der Waals surface area contributed by atoms with E-state index in [9.17, 15) is 4.79 Å². The second-order valence-electron chi connectivity index (χ2n) is 5.56. The van der Waals surface area contributed by atoms with E-state index in [1.165, 1.54) is 0 Å². The molecule has 0 bridgehead atoms. The Morgan fingerprint density at radius 3 is 2.87 bits per heavy atom. The number of rotatable bonds is 4. The zero-order valence-corrected chi connectivity index (χ0v) is 13.9. The topological polar surface area (TPSA) is 46.4 Å². The predicted octanol–water partition coefficient (Wildman–Crippen LogP) is 4.50. The first-order valence-corrected chi connectivity index (χ1v) is 8.01. The van der Waals surface area contributed by atoms with Crippen LogP contribution in [0, 0.1) is 6.92 Å². The molecule has 0 saturated carbocycles. The molecule has 1 amide bonds. The number of imidazole rings is 1. The molecule has 0 spiro atoms. The number of hydrogen-bond donors (Lipinski definition) is 1. The van der Waals surface area contributed by atoms with Crippen molar-refractivity contribution in [2.75, 3.05) is 5.32 Å². The first-order chi connectivity index (χ1) is 11.1. The van der Waals surface area contributed by atoms with Gasteiger partial charge in [-0.1, -0.05) is 37.1 Å². The summed E-state index contributed by atoms with van der Waals surface area (Å²) in [7, 11) is 0. The number of pyridine rings is 1. The number of carbonyl (C=O) groups is 1. The molecule has 0 fully saturated rings. The Bertz CT molecular complexity index is 870. The van der Waals surface area contributed by atoms with Crippen LogP contribution >= 0.6 is 11.6 Å². The Kier molecular flexibility index (Phi) is 4.35. The Balaban J connectivity index is 2.04. The fraction of sp³-hybridized carbons (Fsp3) is 0.222. The standard InChI is InChI=1S/C18H18ClN3O/c1-3-5-15-17(22-11-12(2)8-9-16(22)21-15)18(23)20-14-7-4-6-13(19)10-14/h4,6-11H,3,5H2,1-2H3,(H,20,23). The van der Waals surface area contributed by atoms with Crippen LogP contribution < -0.4 is 5.32 Å². The van der Waals surface area contributed by atoms with Gasteiger partial charge in [0.1, 0.15) is 11.3 Å². The molecule has 1 aromatic carbocycles. The van der Waals surface area contributed by atoms with Crippen molar-refractivity contribution in [1.82, 2.24) is 9.38 Å². The highest BCUT2D eigenvalue weighted by atomic mass is 35.5. The monoisotopic (exact) mass is 327 g/mol. The minimum atomic E-state index is -0.172. The van der Waals surface area contributed by atoms with E-state index in [-0.39, 0.29) is 5.91 Å². The average molecular weight is 328 g/mol. The molecule has 3 rings (SSSR count). The molecular weight excluding hydrogens is 310 g/mol. The number of nitrogens with one attached hydrogen (secondary N) is 1. The number of hydrogen-bond acceptors (Lipinski definition) is 2. The van der Waals surface area contributed by atoms with Crippen molar-refractivity contribution in [2.24, 2.45) is 0 Å². The average Bonchev–Trinajstić information content (AvgIpc) is 2.85. The van der Waals surface area contributed by atoms with E-state index in [1.807, 2.05) is 41.8 Å². The van der Waals surface area contributed by atoms with Gasteiger partial charge in [-0.15, -0.1) is 0 Å². The summed E-state index contributed by atoms with van der Waals surface area (Å²) < 4.78 is 1.86. The predicted molar refractivity (Wildman–Crippen MR) is 93.3 cm³/mol. The van der Waals surface area contributed by atoms with Gasteiger partial charge >= 0.3 is 0 Å². The summed E-state index contributed by atoms with van der Waals surface area (Å²) in [5.74, 6) is -0.172. The number of carbonyl (C=O) groups excluding carboxylic acids is 1. The normalized spacial score (nSPS) is 10.9. The number of halogens is 1. The third-order valence-corrected chi connectivity index (χ3v) is 3.86. The fourth-order valence-electron chi connectivity index (χ4n) is 2.61. The van der Waals surface area contributed by atoms with Crippen LogP contribution in [0.3, 0.4) is 0 Å². The highest BCUT2D eigenvalue weighted by Crippen LogP contribution is 2.19. The Morgan fingerprint density at radius 2 is 2.13 bits per heavy atom. The van der Waals surface area contributed by atoms with Crippen molar-refractivity contribution in [1.29, 1.82) is 0 Å². The molecule has 0 aliphatic carbocycles. The van der Waals surface area contributed by atoms with E-state index in [0.717, 1.165) is 29.7 Å². The molecule has 2 heterocycles. The summed E-state index contributed by atoms with van der Waals surface area (Å²) in [5, 5.41) is 3.50. The quantitative estimate of drug-likeness (QED) is 0.766. The van der Waals surface area contributed by atoms with Crippen LogP contribution in [0.4, 0.5) is 5.69 Å². The first kappa shape index (κ1) is 15.6. The van der Waals surface area contributed by atoms with Crippen LogP contribution in [-0.4, -0.2) is 15.3 Å². The molecule has 23 heavy (non-hydrogen) atoms. The summed E-state index contributed by atoms with van der Waals surface area (Å²) >= 11 is 5.98. The van der Waals surface area contributed by atoms with Crippen molar-refractivity contribution < 1.29 is 4.79 Å². The number of aryl methyl sites for hydroxylation is 2. The van der Waals surface area contributed by atoms with Crippen molar-refractivity contribution in [3.63, 3.8) is 0 Å². The van der Waals surface area contributed by atoms with Gasteiger partial charge in [0.15, 0.2) is 0 Å². The van der Waals surface area contributed by atoms with Gasteiger partial charge in [-0.2, -0.15) is 0 Å². The van der Waals surface area contributed by atoms with Crippen molar-refractivity contribution in [3.05, 3.63) is 64.6 Å². The number of benzene rings is 1. The van der Waals surface area contributed by atoms with E-state index in [1.54, 1.807) is 12.1 Å². The lowest BCUT2D eigenvalue weighted by atomic mass is 10.2. The summed E-state index contributed by atoms with van der Waals surface area (Å²) in [5.41, 5.74) is 3.95. The molecule has 1 N–H and O–H groups in total. The summed E-state index contributed by atoms with van der Waals surface area (Å²) in [6.45, 7) is 4.07. The zero-order valence-electron chi connectivity index (χ0n) is 13.1. The van der Waals surface area contributed by atoms with Crippen molar-refractivity contribution in [3.8, 4) is 0 Å². The van der Waals surface area contributed by atoms with E-state index in [2.05, 4.69) is 17.2 Å². The van der Waals surface area contributed by atoms with Crippen LogP contribution in [0.2, 0.25) is 5.02 Å². The highest BCUT2D eigenvalue weighted by Gasteiger charge is 2.19. The third-order valence-electron chi connectivity index (χ3n) is 3.62. The maximum Gasteiger partial charge on any atom is 0.274 e. The van der Waals surface area contributed by atoms with Gasteiger partial charge in [-0.25, -0.2) is 4.98 Å². The lowest BCUT2D eigenvalue weighted by Gasteiger charge is -2.07. The summed E-state index contributed by atoms with van der Waals surface area (Å²) in [6.07, 6.45) is 3.63. The molecule has 0 saturated heterocycles. The van der Waals surface area contributed by atoms with Crippen LogP contribution in [0.5, 0.6) is 0 Å². The SMILES string of the molecule is CCCc1nc2ccc(C)cn2c1C(=O)Nc1cccc(Cl)c1. The highest BCUT2D eigenvalue weighted by molar-refractivity contribution is 6.30. The fourth-order valence-corrected chi connectivity index (χ4v) is 2.80. The van der Waals surface area contributed by atoms with Gasteiger partial charge in [-0.05, 0) is 43.2 Å². The molecule has 0 unspecified atom stereocenters. The molecule has 0 aliphatic rings. The molecule has 5 heteroatoms. The Morgan fingerprint density at radius 1 is 1.30 bits per heavy atom. The Labute approximate surface area is 140 Å². The van der Waals surface area contributed by atoms with Gasteiger partial charge in [0, 0.05) is 16.9 Å². The van der Waals surface area contributed by atoms with Gasteiger partial charge in [0.25, 0.3) is 5.91 Å². The number of aromatic nitrogens is 2. The largest absolute Gasteiger partial charge is 0.321 e. The molecule has 0 aliphatic heterocycles. The molecule has 4 nitrogen and oxygen atoms in total. The number of anilines is 1. The van der Waals surface area contributed by atoms with Crippen LogP contribution in [-0.2, 0) is 6.42 Å². The first-order valence-electron chi connectivity index (χ1n) is 7.63. The van der Waals surface area contributed by atoms with E-state index in [4.69, 9.17) is 11.6 Å². The van der Waals surface area contributed by atoms with E-state index >= 15 is 0 Å². The minimum Gasteiger partial charge on any atom is -0.321 e. The van der Waals surface area contributed by atoms with Crippen LogP contribution in [0.25, 0.3) is 5.65 Å². The number of nitrogens with zero attached hydrogens (tertiary/aromatic N) is 2. The summed E-state index contributed by atoms with van der Waals surface area (Å²) in [4.78, 5) is 17.4. The zero-order chi connectivity index (χ0) is 16.4. The number of fused-ring (bicyclic) bond motifs is 1. The van der Waals surface area contributed by atoms with Crippen molar-refractivity contribution in [2.45, 2.75) is 26.7 Å². The molecular formula is C18H18ClN3O. The lowest BCUT2D eigenvalue weighted by molar-refractivity contribution is 0.102. The van der Waals surface area contributed by atoms with Crippen LogP contribution in [0.15, 0.2) is 42.6 Å². The van der Waals surface area contributed by atoms with E-state index in [0.29, 0.717) is 16.4 Å². The van der Waals surface area contributed by atoms with Crippen LogP contribution in [0.1, 0.15) is 35.1 Å². The maximum atomic E-state index is 12.8. The molecule has 0 radical (unpaired) electrons. The van der Waals surface area contributed by atoms with E-state index < -0.39 is 0 Å². The Hall–Kier alpha value is -2.33. The molecule has 3 aromatic rings. The molecule has 2 aromatic heterocycles. The maximum absolute atomic E-state index is 12.8. The molecule has 0 atom stereocenters. The van der Waals surface area contributed by atoms with Gasteiger partial charge in [0.05, 0.1) is 5.69 Å². The molecule has 118 valence electrons. The van der Waals surface area contributed by atoms with Gasteiger partial charge in [0.2, 0.25) is 0 Å². The minimum absolute atomic E-state index is 0.172. The number of amides is 1.